The third-order valence-corrected chi connectivity index (χ3v) is 2.23. The summed E-state index contributed by atoms with van der Waals surface area (Å²) >= 11 is 0. The van der Waals surface area contributed by atoms with E-state index < -0.39 is 23.5 Å². The number of halogens is 2. The van der Waals surface area contributed by atoms with Crippen LogP contribution < -0.4 is 4.74 Å². The average molecular weight is 255 g/mol. The molecule has 0 aliphatic heterocycles. The number of hydrogen-bond acceptors (Lipinski definition) is 4. The Kier molecular flexibility index (Phi) is 4.60. The highest BCUT2D eigenvalue weighted by Crippen LogP contribution is 2.33. The normalized spacial score (nSPS) is 10.0. The number of rotatable bonds is 4. The van der Waals surface area contributed by atoms with Gasteiger partial charge in [-0.1, -0.05) is 6.07 Å². The lowest BCUT2D eigenvalue weighted by molar-refractivity contribution is 0.0511. The van der Waals surface area contributed by atoms with Crippen LogP contribution in [0, 0.1) is 11.3 Å². The number of alkyl halides is 2. The zero-order valence-corrected chi connectivity index (χ0v) is 9.87. The number of nitriles is 1. The van der Waals surface area contributed by atoms with Crippen LogP contribution in [0.15, 0.2) is 12.1 Å². The van der Waals surface area contributed by atoms with Crippen LogP contribution in [0.2, 0.25) is 0 Å². The van der Waals surface area contributed by atoms with Crippen molar-refractivity contribution < 1.29 is 23.0 Å². The third-order valence-electron chi connectivity index (χ3n) is 2.23. The Morgan fingerprint density at radius 1 is 1.50 bits per heavy atom. The molecule has 0 spiro atoms. The van der Waals surface area contributed by atoms with Gasteiger partial charge in [-0.25, -0.2) is 13.6 Å². The maximum atomic E-state index is 12.8. The molecule has 0 aromatic heterocycles. The minimum Gasteiger partial charge on any atom is -0.494 e. The van der Waals surface area contributed by atoms with Gasteiger partial charge in [-0.05, 0) is 13.0 Å². The van der Waals surface area contributed by atoms with Crippen molar-refractivity contribution in [1.29, 1.82) is 5.26 Å². The molecule has 0 radical (unpaired) electrons. The number of hydrogen-bond donors (Lipinski definition) is 0. The van der Waals surface area contributed by atoms with E-state index in [1.807, 2.05) is 0 Å². The second kappa shape index (κ2) is 5.96. The summed E-state index contributed by atoms with van der Waals surface area (Å²) in [7, 11) is 1.20. The molecule has 18 heavy (non-hydrogen) atoms. The molecule has 0 amide bonds. The van der Waals surface area contributed by atoms with Gasteiger partial charge >= 0.3 is 5.97 Å². The molecule has 0 saturated heterocycles. The van der Waals surface area contributed by atoms with Gasteiger partial charge in [0.15, 0.2) is 5.75 Å². The number of carbonyl (C=O) groups is 1. The molecule has 0 saturated carbocycles. The first-order valence-electron chi connectivity index (χ1n) is 5.13. The number of methoxy groups -OCH3 is 1. The van der Waals surface area contributed by atoms with Crippen LogP contribution in [0.1, 0.15) is 34.8 Å². The van der Waals surface area contributed by atoms with Gasteiger partial charge in [0.05, 0.1) is 19.3 Å². The Hall–Kier alpha value is -2.16. The van der Waals surface area contributed by atoms with Crippen molar-refractivity contribution in [1.82, 2.24) is 0 Å². The molecule has 0 unspecified atom stereocenters. The molecular formula is C12H11F2NO3. The van der Waals surface area contributed by atoms with Crippen LogP contribution in [0.3, 0.4) is 0 Å². The Morgan fingerprint density at radius 3 is 2.61 bits per heavy atom. The molecule has 4 nitrogen and oxygen atoms in total. The van der Waals surface area contributed by atoms with Crippen LogP contribution in [0.25, 0.3) is 0 Å². The van der Waals surface area contributed by atoms with Crippen molar-refractivity contribution in [3.05, 3.63) is 28.8 Å². The van der Waals surface area contributed by atoms with Crippen molar-refractivity contribution in [2.24, 2.45) is 0 Å². The summed E-state index contributed by atoms with van der Waals surface area (Å²) in [6.07, 6.45) is -2.86. The first kappa shape index (κ1) is 13.9. The van der Waals surface area contributed by atoms with Crippen LogP contribution in [0.4, 0.5) is 8.78 Å². The second-order valence-corrected chi connectivity index (χ2v) is 3.24. The minimum absolute atomic E-state index is 0.00459. The average Bonchev–Trinajstić information content (AvgIpc) is 2.36. The van der Waals surface area contributed by atoms with Crippen LogP contribution in [0.5, 0.6) is 5.75 Å². The Labute approximate surface area is 103 Å². The Balaban J connectivity index is 3.49. The van der Waals surface area contributed by atoms with Gasteiger partial charge in [-0.15, -0.1) is 0 Å². The van der Waals surface area contributed by atoms with Crippen molar-refractivity contribution in [2.45, 2.75) is 13.3 Å². The highest BCUT2D eigenvalue weighted by atomic mass is 19.3. The summed E-state index contributed by atoms with van der Waals surface area (Å²) in [6, 6.07) is 3.98. The fraction of sp³-hybridized carbons (Fsp3) is 0.333. The maximum Gasteiger partial charge on any atom is 0.342 e. The van der Waals surface area contributed by atoms with Gasteiger partial charge < -0.3 is 9.47 Å². The number of esters is 1. The highest BCUT2D eigenvalue weighted by molar-refractivity contribution is 5.95. The van der Waals surface area contributed by atoms with E-state index in [1.165, 1.54) is 13.2 Å². The Bertz CT molecular complexity index is 495. The predicted molar refractivity (Wildman–Crippen MR) is 58.6 cm³/mol. The first-order chi connectivity index (χ1) is 8.56. The fourth-order valence-electron chi connectivity index (χ4n) is 1.49. The molecule has 96 valence electrons. The molecule has 0 fully saturated rings. The van der Waals surface area contributed by atoms with Crippen LogP contribution in [-0.4, -0.2) is 19.7 Å². The van der Waals surface area contributed by atoms with E-state index in [2.05, 4.69) is 0 Å². The van der Waals surface area contributed by atoms with E-state index in [9.17, 15) is 13.6 Å². The van der Waals surface area contributed by atoms with Gasteiger partial charge in [0.1, 0.15) is 11.6 Å². The lowest BCUT2D eigenvalue weighted by Crippen LogP contribution is -2.11. The molecule has 0 atom stereocenters. The monoisotopic (exact) mass is 255 g/mol. The van der Waals surface area contributed by atoms with Crippen molar-refractivity contribution >= 4 is 5.97 Å². The largest absolute Gasteiger partial charge is 0.494 e. The number of nitrogens with zero attached hydrogens (tertiary/aromatic N) is 1. The summed E-state index contributed by atoms with van der Waals surface area (Å²) in [4.78, 5) is 11.7. The summed E-state index contributed by atoms with van der Waals surface area (Å²) in [6.45, 7) is 1.60. The standard InChI is InChI=1S/C12H11F2NO3/c1-3-18-12(16)9-8(11(13)14)5-4-7(6-15)10(9)17-2/h4-5,11H,3H2,1-2H3. The van der Waals surface area contributed by atoms with E-state index in [0.717, 1.165) is 6.07 Å². The van der Waals surface area contributed by atoms with E-state index in [0.29, 0.717) is 0 Å². The summed E-state index contributed by atoms with van der Waals surface area (Å²) in [5, 5.41) is 8.85. The van der Waals surface area contributed by atoms with Crippen molar-refractivity contribution in [3.63, 3.8) is 0 Å². The van der Waals surface area contributed by atoms with Crippen LogP contribution in [-0.2, 0) is 4.74 Å². The number of carbonyl (C=O) groups excluding carboxylic acids is 1. The summed E-state index contributed by atoms with van der Waals surface area (Å²) in [5.74, 6) is -1.12. The molecule has 1 aromatic carbocycles. The molecule has 1 aromatic rings. The number of ether oxygens (including phenoxy) is 2. The lowest BCUT2D eigenvalue weighted by Gasteiger charge is -2.13. The molecule has 0 bridgehead atoms. The lowest BCUT2D eigenvalue weighted by atomic mass is 10.0. The molecule has 0 N–H and O–H groups in total. The van der Waals surface area contributed by atoms with Gasteiger partial charge in [0, 0.05) is 5.56 Å². The molecule has 6 heteroatoms. The smallest absolute Gasteiger partial charge is 0.342 e. The van der Waals surface area contributed by atoms with Gasteiger partial charge in [0.25, 0.3) is 6.43 Å². The minimum atomic E-state index is -2.86. The third kappa shape index (κ3) is 2.56. The maximum absolute atomic E-state index is 12.8. The topological polar surface area (TPSA) is 59.3 Å². The van der Waals surface area contributed by atoms with Gasteiger partial charge in [0.2, 0.25) is 0 Å². The molecule has 0 heterocycles. The van der Waals surface area contributed by atoms with Gasteiger partial charge in [-0.2, -0.15) is 5.26 Å². The molecule has 1 rings (SSSR count). The zero-order valence-electron chi connectivity index (χ0n) is 9.87. The van der Waals surface area contributed by atoms with Crippen molar-refractivity contribution in [3.8, 4) is 11.8 Å². The predicted octanol–water partition coefficient (Wildman–Crippen LogP) is 2.68. The van der Waals surface area contributed by atoms with Crippen molar-refractivity contribution in [2.75, 3.05) is 13.7 Å². The number of benzene rings is 1. The first-order valence-corrected chi connectivity index (χ1v) is 5.13. The van der Waals surface area contributed by atoms with E-state index in [4.69, 9.17) is 14.7 Å². The van der Waals surface area contributed by atoms with Gasteiger partial charge in [-0.3, -0.25) is 0 Å². The SMILES string of the molecule is CCOC(=O)c1c(C(F)F)ccc(C#N)c1OC. The fourth-order valence-corrected chi connectivity index (χ4v) is 1.49. The summed E-state index contributed by atoms with van der Waals surface area (Å²) < 4.78 is 35.2. The van der Waals surface area contributed by atoms with E-state index >= 15 is 0 Å². The highest BCUT2D eigenvalue weighted by Gasteiger charge is 2.26. The zero-order chi connectivity index (χ0) is 13.7. The summed E-state index contributed by atoms with van der Waals surface area (Å²) in [5.41, 5.74) is -0.900. The molecular weight excluding hydrogens is 244 g/mol. The molecule has 0 aliphatic carbocycles. The quantitative estimate of drug-likeness (QED) is 0.776. The Morgan fingerprint density at radius 2 is 2.17 bits per heavy atom. The second-order valence-electron chi connectivity index (χ2n) is 3.24. The van der Waals surface area contributed by atoms with E-state index in [1.54, 1.807) is 13.0 Å². The van der Waals surface area contributed by atoms with E-state index in [-0.39, 0.29) is 17.9 Å². The van der Waals surface area contributed by atoms with Crippen LogP contribution >= 0.6 is 0 Å². The molecule has 0 aliphatic rings.